The van der Waals surface area contributed by atoms with Crippen LogP contribution in [-0.2, 0) is 14.0 Å². The van der Waals surface area contributed by atoms with Crippen LogP contribution in [0.25, 0.3) is 56.2 Å². The lowest BCUT2D eigenvalue weighted by Crippen LogP contribution is -2.44. The van der Waals surface area contributed by atoms with Gasteiger partial charge in [-0.25, -0.2) is 8.78 Å². The molecule has 358 valence electrons. The Kier molecular flexibility index (Phi) is 17.5. The summed E-state index contributed by atoms with van der Waals surface area (Å²) in [6, 6.07) is 29.6. The average molecular weight is 935 g/mol. The number of aliphatic carboxylic acids is 2. The summed E-state index contributed by atoms with van der Waals surface area (Å²) >= 11 is 0. The first-order valence-corrected chi connectivity index (χ1v) is 26.0. The summed E-state index contributed by atoms with van der Waals surface area (Å²) in [4.78, 5) is 22.4. The van der Waals surface area contributed by atoms with Gasteiger partial charge < -0.3 is 34.0 Å². The predicted molar refractivity (Wildman–Crippen MR) is 270 cm³/mol. The highest BCUT2D eigenvalue weighted by molar-refractivity contribution is 6.74. The monoisotopic (exact) mass is 934 g/mol. The Bertz CT molecular complexity index is 2670. The van der Waals surface area contributed by atoms with Gasteiger partial charge in [0.25, 0.3) is 0 Å². The molecule has 0 unspecified atom stereocenters. The minimum Gasteiger partial charge on any atom is -0.481 e. The normalized spacial score (nSPS) is 14.3. The largest absolute Gasteiger partial charge is 0.481 e. The van der Waals surface area contributed by atoms with Crippen molar-refractivity contribution in [2.45, 2.75) is 130 Å². The van der Waals surface area contributed by atoms with Gasteiger partial charge in [0.05, 0.1) is 31.2 Å². The van der Waals surface area contributed by atoms with Crippen molar-refractivity contribution in [2.24, 2.45) is 5.92 Å². The Balaban J connectivity index is 0.000000256. The number of hydrogen-bond acceptors (Lipinski definition) is 5. The molecular weight excluding hydrogens is 867 g/mol. The van der Waals surface area contributed by atoms with Gasteiger partial charge >= 0.3 is 11.9 Å². The van der Waals surface area contributed by atoms with Gasteiger partial charge in [-0.15, -0.1) is 0 Å². The molecule has 0 amide bonds. The standard InChI is InChI=1S/C31H42FNO3Si.C24H26FNO4/c1-21(2)33-27-12-10-9-11-26(27)30(23-14-16-24(32)17-15-23)28(33)18-13-22(3)19-25(20-29(34)35)36-37(7,8)31(4,5)6;1-15(2)26-21-6-4-3-5-20(21)24(16-7-9-17(25)10-8-16)22(26)12-11-18(27)13-19(28)14-23(29)30/h9-18,21-22,25H,19-20H2,1-8H3,(H,34,35);3-12,15,18-19,27-28H,13-14H2,1-2H3,(H,29,30)/b18-13+;12-11+/t22-,25-;18-,19-/m00/s1. The molecule has 0 radical (unpaired) electrons. The van der Waals surface area contributed by atoms with E-state index < -0.39 is 38.9 Å². The fourth-order valence-corrected chi connectivity index (χ4v) is 9.77. The number of para-hydroxylation sites is 2. The molecule has 4 N–H and O–H groups in total. The molecule has 4 atom stereocenters. The van der Waals surface area contributed by atoms with E-state index >= 15 is 0 Å². The maximum Gasteiger partial charge on any atom is 0.305 e. The molecule has 4 aromatic carbocycles. The number of allylic oxidation sites excluding steroid dienone is 1. The van der Waals surface area contributed by atoms with Crippen LogP contribution in [0.5, 0.6) is 0 Å². The molecule has 0 aliphatic rings. The van der Waals surface area contributed by atoms with Crippen molar-refractivity contribution < 1.29 is 43.2 Å². The number of carboxylic acids is 2. The van der Waals surface area contributed by atoms with E-state index in [1.54, 1.807) is 24.3 Å². The molecule has 0 fully saturated rings. The van der Waals surface area contributed by atoms with Gasteiger partial charge in [0, 0.05) is 62.8 Å². The van der Waals surface area contributed by atoms with Crippen LogP contribution in [0, 0.1) is 17.6 Å². The van der Waals surface area contributed by atoms with Crippen molar-refractivity contribution >= 4 is 54.2 Å². The van der Waals surface area contributed by atoms with E-state index in [0.717, 1.165) is 55.4 Å². The summed E-state index contributed by atoms with van der Waals surface area (Å²) in [5.41, 5.74) is 7.89. The molecule has 2 aromatic heterocycles. The Morgan fingerprint density at radius 1 is 0.642 bits per heavy atom. The van der Waals surface area contributed by atoms with Crippen molar-refractivity contribution in [1.29, 1.82) is 0 Å². The second-order valence-corrected chi connectivity index (χ2v) is 24.3. The van der Waals surface area contributed by atoms with Crippen LogP contribution in [0.2, 0.25) is 18.1 Å². The first-order chi connectivity index (χ1) is 31.5. The second-order valence-electron chi connectivity index (χ2n) is 19.6. The summed E-state index contributed by atoms with van der Waals surface area (Å²) in [5.74, 6) is -2.41. The number of benzene rings is 4. The second kappa shape index (κ2) is 22.4. The Hall–Kier alpha value is -5.66. The minimum absolute atomic E-state index is 0.00221. The number of hydrogen-bond donors (Lipinski definition) is 4. The number of carboxylic acid groups (broad SMARTS) is 2. The first kappa shape index (κ1) is 52.3. The Morgan fingerprint density at radius 2 is 1.06 bits per heavy atom. The SMILES string of the molecule is CC(C)n1c(/C=C/[C@H](C)C[C@@H](CC(=O)O)O[Si](C)(C)C(C)(C)C)c(-c2ccc(F)cc2)c2ccccc21.CC(C)n1c(/C=C/[C@H](O)C[C@H](O)CC(=O)O)c(-c2ccc(F)cc2)c2ccccc21. The molecule has 0 aliphatic heterocycles. The summed E-state index contributed by atoms with van der Waals surface area (Å²) in [6.07, 6.45) is 5.31. The number of aromatic nitrogens is 2. The van der Waals surface area contributed by atoms with E-state index in [9.17, 15) is 33.7 Å². The maximum absolute atomic E-state index is 13.7. The van der Waals surface area contributed by atoms with Crippen LogP contribution >= 0.6 is 0 Å². The van der Waals surface area contributed by atoms with E-state index in [2.05, 4.69) is 102 Å². The zero-order chi connectivity index (χ0) is 49.4. The molecule has 6 rings (SSSR count). The molecule has 9 nitrogen and oxygen atoms in total. The summed E-state index contributed by atoms with van der Waals surface area (Å²) < 4.78 is 38.2. The van der Waals surface area contributed by atoms with E-state index in [-0.39, 0.29) is 53.6 Å². The van der Waals surface area contributed by atoms with Gasteiger partial charge in [0.15, 0.2) is 8.32 Å². The molecule has 0 saturated carbocycles. The number of fused-ring (bicyclic) bond motifs is 2. The molecule has 67 heavy (non-hydrogen) atoms. The van der Waals surface area contributed by atoms with Crippen LogP contribution in [0.1, 0.15) is 105 Å². The first-order valence-electron chi connectivity index (χ1n) is 23.1. The van der Waals surface area contributed by atoms with E-state index in [1.165, 1.54) is 24.3 Å². The smallest absolute Gasteiger partial charge is 0.305 e. The Morgan fingerprint density at radius 3 is 1.46 bits per heavy atom. The van der Waals surface area contributed by atoms with Crippen molar-refractivity contribution in [1.82, 2.24) is 9.13 Å². The number of halogens is 2. The summed E-state index contributed by atoms with van der Waals surface area (Å²) in [6.45, 7) is 21.4. The van der Waals surface area contributed by atoms with E-state index in [0.29, 0.717) is 6.42 Å². The molecule has 0 saturated heterocycles. The third kappa shape index (κ3) is 13.3. The Labute approximate surface area is 395 Å². The van der Waals surface area contributed by atoms with Crippen LogP contribution in [-0.4, -0.2) is 68.1 Å². The molecular formula is C55H68F2N2O7Si. The van der Waals surface area contributed by atoms with Crippen molar-refractivity contribution in [3.8, 4) is 22.3 Å². The van der Waals surface area contributed by atoms with Crippen LogP contribution < -0.4 is 0 Å². The molecule has 0 spiro atoms. The van der Waals surface area contributed by atoms with Crippen LogP contribution in [0.15, 0.2) is 109 Å². The lowest BCUT2D eigenvalue weighted by molar-refractivity contribution is -0.140. The topological polar surface area (TPSA) is 134 Å². The quantitative estimate of drug-likeness (QED) is 0.0631. The van der Waals surface area contributed by atoms with Gasteiger partial charge in [-0.1, -0.05) is 101 Å². The lowest BCUT2D eigenvalue weighted by atomic mass is 9.98. The van der Waals surface area contributed by atoms with Crippen molar-refractivity contribution in [3.05, 3.63) is 132 Å². The highest BCUT2D eigenvalue weighted by Crippen LogP contribution is 2.41. The van der Waals surface area contributed by atoms with Gasteiger partial charge in [0.1, 0.15) is 11.6 Å². The van der Waals surface area contributed by atoms with Crippen LogP contribution in [0.4, 0.5) is 8.78 Å². The number of nitrogens with zero attached hydrogens (tertiary/aromatic N) is 2. The number of carbonyl (C=O) groups is 2. The predicted octanol–water partition coefficient (Wildman–Crippen LogP) is 13.6. The maximum atomic E-state index is 13.7. The molecule has 0 bridgehead atoms. The summed E-state index contributed by atoms with van der Waals surface area (Å²) in [5, 5.41) is 40.6. The van der Waals surface area contributed by atoms with Gasteiger partial charge in [0.2, 0.25) is 0 Å². The zero-order valence-corrected chi connectivity index (χ0v) is 41.5. The zero-order valence-electron chi connectivity index (χ0n) is 40.5. The molecule has 0 aliphatic carbocycles. The number of rotatable bonds is 18. The number of aliphatic hydroxyl groups is 2. The fourth-order valence-electron chi connectivity index (χ4n) is 8.40. The van der Waals surface area contributed by atoms with Gasteiger partial charge in [-0.2, -0.15) is 0 Å². The highest BCUT2D eigenvalue weighted by atomic mass is 28.4. The van der Waals surface area contributed by atoms with E-state index in [4.69, 9.17) is 9.53 Å². The summed E-state index contributed by atoms with van der Waals surface area (Å²) in [7, 11) is -2.11. The third-order valence-corrected chi connectivity index (χ3v) is 17.0. The van der Waals surface area contributed by atoms with Crippen molar-refractivity contribution in [3.63, 3.8) is 0 Å². The van der Waals surface area contributed by atoms with Gasteiger partial charge in [-0.05, 0) is 118 Å². The molecule has 12 heteroatoms. The highest BCUT2D eigenvalue weighted by Gasteiger charge is 2.39. The van der Waals surface area contributed by atoms with E-state index in [1.807, 2.05) is 48.5 Å². The average Bonchev–Trinajstić information content (AvgIpc) is 3.75. The number of aliphatic hydroxyl groups excluding tert-OH is 2. The lowest BCUT2D eigenvalue weighted by Gasteiger charge is -2.39. The van der Waals surface area contributed by atoms with Crippen molar-refractivity contribution in [2.75, 3.05) is 0 Å². The van der Waals surface area contributed by atoms with Gasteiger partial charge in [-0.3, -0.25) is 9.59 Å². The fraction of sp³-hybridized carbons (Fsp3) is 0.382. The van der Waals surface area contributed by atoms with Crippen LogP contribution in [0.3, 0.4) is 0 Å². The third-order valence-electron chi connectivity index (χ3n) is 12.5. The molecule has 2 heterocycles. The minimum atomic E-state index is -2.11. The molecule has 6 aromatic rings.